The maximum atomic E-state index is 3.73. The lowest BCUT2D eigenvalue weighted by Gasteiger charge is -2.23. The van der Waals surface area contributed by atoms with Gasteiger partial charge in [-0.15, -0.1) is 0 Å². The Morgan fingerprint density at radius 3 is 3.06 bits per heavy atom. The molecule has 0 radical (unpaired) electrons. The zero-order valence-corrected chi connectivity index (χ0v) is 12.3. The van der Waals surface area contributed by atoms with Crippen molar-refractivity contribution < 1.29 is 0 Å². The van der Waals surface area contributed by atoms with Crippen LogP contribution in [0, 0.1) is 6.92 Å². The number of fused-ring (bicyclic) bond motifs is 1. The van der Waals surface area contributed by atoms with Crippen molar-refractivity contribution in [2.45, 2.75) is 38.6 Å². The molecule has 96 valence electrons. The van der Waals surface area contributed by atoms with Crippen molar-refractivity contribution in [1.29, 1.82) is 0 Å². The van der Waals surface area contributed by atoms with Gasteiger partial charge in [-0.3, -0.25) is 0 Å². The summed E-state index contributed by atoms with van der Waals surface area (Å²) in [6, 6.07) is 7.02. The van der Waals surface area contributed by atoms with Crippen LogP contribution in [0.4, 0.5) is 0 Å². The van der Waals surface area contributed by atoms with Crippen LogP contribution in [-0.4, -0.2) is 17.0 Å². The minimum absolute atomic E-state index is 0.641. The van der Waals surface area contributed by atoms with E-state index in [0.717, 1.165) is 6.42 Å². The first kappa shape index (κ1) is 12.2. The molecule has 0 aromatic carbocycles. The number of nitrogens with zero attached hydrogens (tertiary/aromatic N) is 1. The molecule has 0 amide bonds. The molecular formula is C15H19BrN2. The second kappa shape index (κ2) is 5.06. The number of halogens is 1. The Balaban J connectivity index is 1.97. The quantitative estimate of drug-likeness (QED) is 0.895. The van der Waals surface area contributed by atoms with Crippen molar-refractivity contribution in [3.05, 3.63) is 40.1 Å². The monoisotopic (exact) mass is 306 g/mol. The highest BCUT2D eigenvalue weighted by molar-refractivity contribution is 9.10. The Morgan fingerprint density at radius 1 is 1.39 bits per heavy atom. The van der Waals surface area contributed by atoms with Crippen LogP contribution in [0.15, 0.2) is 28.9 Å². The number of pyridine rings is 1. The standard InChI is InChI=1S/C15H19BrN2/c1-11-14(10-12-6-2-4-8-17-12)18-9-5-3-7-13(18)15(11)16/h3,5,7,9,12,17H,2,4,6,8,10H2,1H3. The fourth-order valence-corrected chi connectivity index (χ4v) is 3.49. The van der Waals surface area contributed by atoms with E-state index in [0.29, 0.717) is 6.04 Å². The average molecular weight is 307 g/mol. The smallest absolute Gasteiger partial charge is 0.0597 e. The lowest BCUT2D eigenvalue weighted by atomic mass is 9.99. The molecule has 18 heavy (non-hydrogen) atoms. The Kier molecular flexibility index (Phi) is 3.44. The highest BCUT2D eigenvalue weighted by Gasteiger charge is 2.18. The van der Waals surface area contributed by atoms with Gasteiger partial charge in [-0.25, -0.2) is 0 Å². The number of piperidine rings is 1. The van der Waals surface area contributed by atoms with Crippen LogP contribution in [0.5, 0.6) is 0 Å². The molecule has 2 nitrogen and oxygen atoms in total. The van der Waals surface area contributed by atoms with Gasteiger partial charge >= 0.3 is 0 Å². The normalized spacial score (nSPS) is 20.4. The average Bonchev–Trinajstić information content (AvgIpc) is 2.66. The fourth-order valence-electron chi connectivity index (χ4n) is 2.94. The van der Waals surface area contributed by atoms with Crippen molar-refractivity contribution in [2.24, 2.45) is 0 Å². The van der Waals surface area contributed by atoms with Crippen LogP contribution >= 0.6 is 15.9 Å². The van der Waals surface area contributed by atoms with E-state index < -0.39 is 0 Å². The lowest BCUT2D eigenvalue weighted by molar-refractivity contribution is 0.396. The van der Waals surface area contributed by atoms with Crippen molar-refractivity contribution in [3.63, 3.8) is 0 Å². The first-order chi connectivity index (χ1) is 8.77. The summed E-state index contributed by atoms with van der Waals surface area (Å²) in [5.74, 6) is 0. The largest absolute Gasteiger partial charge is 0.319 e. The molecule has 1 N–H and O–H groups in total. The summed E-state index contributed by atoms with van der Waals surface area (Å²) >= 11 is 3.73. The Morgan fingerprint density at radius 2 is 2.28 bits per heavy atom. The zero-order chi connectivity index (χ0) is 12.5. The summed E-state index contributed by atoms with van der Waals surface area (Å²) < 4.78 is 3.57. The van der Waals surface area contributed by atoms with Crippen LogP contribution in [0.1, 0.15) is 30.5 Å². The summed E-state index contributed by atoms with van der Waals surface area (Å²) in [7, 11) is 0. The second-order valence-corrected chi connectivity index (χ2v) is 5.99. The van der Waals surface area contributed by atoms with E-state index in [1.54, 1.807) is 0 Å². The molecule has 0 bridgehead atoms. The number of nitrogens with one attached hydrogen (secondary N) is 1. The molecule has 3 heteroatoms. The number of hydrogen-bond acceptors (Lipinski definition) is 1. The molecule has 1 aliphatic heterocycles. The predicted octanol–water partition coefficient (Wildman–Crippen LogP) is 3.69. The third-order valence-electron chi connectivity index (χ3n) is 3.99. The van der Waals surface area contributed by atoms with Crippen molar-refractivity contribution in [1.82, 2.24) is 9.72 Å². The molecular weight excluding hydrogens is 288 g/mol. The van der Waals surface area contributed by atoms with Crippen molar-refractivity contribution in [2.75, 3.05) is 6.54 Å². The van der Waals surface area contributed by atoms with Crippen LogP contribution in [-0.2, 0) is 6.42 Å². The summed E-state index contributed by atoms with van der Waals surface area (Å²) in [5, 5.41) is 3.64. The zero-order valence-electron chi connectivity index (χ0n) is 10.7. The second-order valence-electron chi connectivity index (χ2n) is 5.19. The van der Waals surface area contributed by atoms with E-state index >= 15 is 0 Å². The number of hydrogen-bond donors (Lipinski definition) is 1. The summed E-state index contributed by atoms with van der Waals surface area (Å²) in [5.41, 5.74) is 4.10. The van der Waals surface area contributed by atoms with E-state index in [-0.39, 0.29) is 0 Å². The highest BCUT2D eigenvalue weighted by atomic mass is 79.9. The lowest BCUT2D eigenvalue weighted by Crippen LogP contribution is -2.36. The summed E-state index contributed by atoms with van der Waals surface area (Å²) in [6.45, 7) is 3.39. The Bertz CT molecular complexity index is 553. The van der Waals surface area contributed by atoms with Gasteiger partial charge in [-0.2, -0.15) is 0 Å². The molecule has 0 aliphatic carbocycles. The molecule has 2 aromatic rings. The Hall–Kier alpha value is -0.800. The third-order valence-corrected chi connectivity index (χ3v) is 4.99. The van der Waals surface area contributed by atoms with Gasteiger partial charge in [0.25, 0.3) is 0 Å². The molecule has 3 rings (SSSR count). The molecule has 0 saturated carbocycles. The van der Waals surface area contributed by atoms with Crippen LogP contribution in [0.3, 0.4) is 0 Å². The molecule has 0 spiro atoms. The van der Waals surface area contributed by atoms with Crippen molar-refractivity contribution >= 4 is 21.4 Å². The molecule has 1 atom stereocenters. The third kappa shape index (κ3) is 2.10. The van der Waals surface area contributed by atoms with Crippen LogP contribution < -0.4 is 5.32 Å². The highest BCUT2D eigenvalue weighted by Crippen LogP contribution is 2.29. The van der Waals surface area contributed by atoms with Gasteiger partial charge in [-0.1, -0.05) is 12.5 Å². The van der Waals surface area contributed by atoms with Gasteiger partial charge in [0.05, 0.1) is 5.52 Å². The predicted molar refractivity (Wildman–Crippen MR) is 79.2 cm³/mol. The molecule has 3 heterocycles. The topological polar surface area (TPSA) is 16.4 Å². The Labute approximate surface area is 117 Å². The minimum atomic E-state index is 0.641. The van der Waals surface area contributed by atoms with Gasteiger partial charge in [0.15, 0.2) is 0 Å². The first-order valence-corrected chi connectivity index (χ1v) is 7.54. The van der Waals surface area contributed by atoms with Crippen LogP contribution in [0.2, 0.25) is 0 Å². The van der Waals surface area contributed by atoms with Crippen LogP contribution in [0.25, 0.3) is 5.52 Å². The van der Waals surface area contributed by atoms with E-state index in [1.807, 2.05) is 0 Å². The fraction of sp³-hybridized carbons (Fsp3) is 0.467. The maximum Gasteiger partial charge on any atom is 0.0597 e. The first-order valence-electron chi connectivity index (χ1n) is 6.75. The molecule has 1 unspecified atom stereocenters. The van der Waals surface area contributed by atoms with Gasteiger partial charge < -0.3 is 9.72 Å². The van der Waals surface area contributed by atoms with E-state index in [4.69, 9.17) is 0 Å². The number of aromatic nitrogens is 1. The maximum absolute atomic E-state index is 3.73. The van der Waals surface area contributed by atoms with E-state index in [1.165, 1.54) is 47.1 Å². The molecule has 1 aliphatic rings. The molecule has 1 fully saturated rings. The number of rotatable bonds is 2. The molecule has 2 aromatic heterocycles. The minimum Gasteiger partial charge on any atom is -0.319 e. The molecule has 1 saturated heterocycles. The van der Waals surface area contributed by atoms with Gasteiger partial charge in [0.1, 0.15) is 0 Å². The van der Waals surface area contributed by atoms with Gasteiger partial charge in [0, 0.05) is 28.8 Å². The van der Waals surface area contributed by atoms with Gasteiger partial charge in [-0.05, 0) is 59.9 Å². The van der Waals surface area contributed by atoms with E-state index in [9.17, 15) is 0 Å². The summed E-state index contributed by atoms with van der Waals surface area (Å²) in [4.78, 5) is 0. The van der Waals surface area contributed by atoms with E-state index in [2.05, 4.69) is 57.0 Å². The summed E-state index contributed by atoms with van der Waals surface area (Å²) in [6.07, 6.45) is 7.29. The van der Waals surface area contributed by atoms with Gasteiger partial charge in [0.2, 0.25) is 0 Å². The van der Waals surface area contributed by atoms with Crippen molar-refractivity contribution in [3.8, 4) is 0 Å². The SMILES string of the molecule is Cc1c(Br)c2ccccn2c1CC1CCCCN1.